The first kappa shape index (κ1) is 21.9. The predicted octanol–water partition coefficient (Wildman–Crippen LogP) is 3.17. The van der Waals surface area contributed by atoms with Crippen LogP contribution < -0.4 is 5.32 Å². The Hall–Kier alpha value is -2.80. The van der Waals surface area contributed by atoms with Crippen molar-refractivity contribution in [2.45, 2.75) is 25.8 Å². The summed E-state index contributed by atoms with van der Waals surface area (Å²) in [6, 6.07) is 11.1. The summed E-state index contributed by atoms with van der Waals surface area (Å²) in [7, 11) is 1.45. The van der Waals surface area contributed by atoms with Crippen molar-refractivity contribution >= 4 is 11.8 Å². The minimum absolute atomic E-state index is 0.0707. The number of halogens is 2. The Morgan fingerprint density at radius 2 is 1.90 bits per heavy atom. The molecular formula is C23H26F2N2O3. The third kappa shape index (κ3) is 5.21. The smallest absolute Gasteiger partial charge is 0.248 e. The average molecular weight is 416 g/mol. The summed E-state index contributed by atoms with van der Waals surface area (Å²) < 4.78 is 32.5. The molecule has 5 nitrogen and oxygen atoms in total. The zero-order valence-electron chi connectivity index (χ0n) is 17.2. The van der Waals surface area contributed by atoms with Crippen molar-refractivity contribution in [1.82, 2.24) is 10.2 Å². The van der Waals surface area contributed by atoms with Gasteiger partial charge in [0, 0.05) is 38.2 Å². The molecule has 2 aromatic carbocycles. The summed E-state index contributed by atoms with van der Waals surface area (Å²) >= 11 is 0. The van der Waals surface area contributed by atoms with Gasteiger partial charge in [0.15, 0.2) is 0 Å². The van der Waals surface area contributed by atoms with Crippen molar-refractivity contribution in [3.05, 3.63) is 70.8 Å². The van der Waals surface area contributed by atoms with Crippen LogP contribution in [0, 0.1) is 24.5 Å². The van der Waals surface area contributed by atoms with Gasteiger partial charge >= 0.3 is 0 Å². The Morgan fingerprint density at radius 3 is 2.60 bits per heavy atom. The molecule has 2 amide bonds. The van der Waals surface area contributed by atoms with Gasteiger partial charge in [-0.25, -0.2) is 8.78 Å². The maximum absolute atomic E-state index is 13.8. The van der Waals surface area contributed by atoms with Gasteiger partial charge in [0.25, 0.3) is 0 Å². The second-order valence-corrected chi connectivity index (χ2v) is 7.68. The van der Waals surface area contributed by atoms with E-state index in [4.69, 9.17) is 4.74 Å². The number of nitrogens with zero attached hydrogens (tertiary/aromatic N) is 1. The number of ether oxygens (including phenoxy) is 1. The Bertz CT molecular complexity index is 919. The Kier molecular flexibility index (Phi) is 7.15. The fraction of sp³-hybridized carbons (Fsp3) is 0.391. The van der Waals surface area contributed by atoms with Gasteiger partial charge in [0.05, 0.1) is 5.92 Å². The van der Waals surface area contributed by atoms with Crippen molar-refractivity contribution < 1.29 is 23.1 Å². The predicted molar refractivity (Wildman–Crippen MR) is 109 cm³/mol. The molecule has 0 spiro atoms. The van der Waals surface area contributed by atoms with Crippen LogP contribution in [-0.2, 0) is 20.9 Å². The normalized spacial score (nSPS) is 18.9. The third-order valence-electron chi connectivity index (χ3n) is 5.51. The highest BCUT2D eigenvalue weighted by molar-refractivity contribution is 5.82. The highest BCUT2D eigenvalue weighted by Gasteiger charge is 2.34. The molecule has 0 saturated carbocycles. The van der Waals surface area contributed by atoms with E-state index < -0.39 is 5.92 Å². The maximum atomic E-state index is 13.8. The first-order valence-corrected chi connectivity index (χ1v) is 9.93. The molecule has 160 valence electrons. The van der Waals surface area contributed by atoms with Crippen LogP contribution in [0.1, 0.15) is 29.0 Å². The number of aryl methyl sites for hydroxylation is 1. The van der Waals surface area contributed by atoms with Crippen LogP contribution in [-0.4, -0.2) is 43.5 Å². The lowest BCUT2D eigenvalue weighted by Gasteiger charge is -2.37. The minimum atomic E-state index is -0.457. The number of benzene rings is 2. The maximum Gasteiger partial charge on any atom is 0.248 e. The molecule has 1 N–H and O–H groups in total. The van der Waals surface area contributed by atoms with E-state index in [1.807, 2.05) is 0 Å². The minimum Gasteiger partial charge on any atom is -0.375 e. The lowest BCUT2D eigenvalue weighted by Crippen LogP contribution is -2.48. The standard InChI is InChI=1S/C23H26F2N2O3/c1-15-9-16(7-8-20(15)24)18-10-19(13-27(12-18)22(28)14-30-2)23(29)26-11-17-5-3-4-6-21(17)25/h3-9,18-19H,10-14H2,1-2H3,(H,26,29)/t18-,19+/m1/s1. The Balaban J connectivity index is 1.76. The van der Waals surface area contributed by atoms with Gasteiger partial charge in [0.1, 0.15) is 18.2 Å². The number of amides is 2. The molecule has 2 aromatic rings. The molecule has 1 aliphatic rings. The van der Waals surface area contributed by atoms with E-state index in [9.17, 15) is 18.4 Å². The molecule has 1 heterocycles. The van der Waals surface area contributed by atoms with Crippen molar-refractivity contribution in [2.24, 2.45) is 5.92 Å². The van der Waals surface area contributed by atoms with Gasteiger partial charge in [-0.15, -0.1) is 0 Å². The number of hydrogen-bond acceptors (Lipinski definition) is 3. The first-order chi connectivity index (χ1) is 14.4. The summed E-state index contributed by atoms with van der Waals surface area (Å²) in [5.41, 5.74) is 1.81. The fourth-order valence-corrected chi connectivity index (χ4v) is 3.84. The summed E-state index contributed by atoms with van der Waals surface area (Å²) in [5, 5.41) is 2.79. The number of hydrogen-bond donors (Lipinski definition) is 1. The molecule has 1 fully saturated rings. The quantitative estimate of drug-likeness (QED) is 0.787. The summed E-state index contributed by atoms with van der Waals surface area (Å²) in [4.78, 5) is 26.9. The van der Waals surface area contributed by atoms with Crippen molar-refractivity contribution in [1.29, 1.82) is 0 Å². The Morgan fingerprint density at radius 1 is 1.13 bits per heavy atom. The lowest BCUT2D eigenvalue weighted by atomic mass is 9.83. The molecule has 0 aromatic heterocycles. The zero-order valence-corrected chi connectivity index (χ0v) is 17.2. The third-order valence-corrected chi connectivity index (χ3v) is 5.51. The van der Waals surface area contributed by atoms with E-state index in [2.05, 4.69) is 5.32 Å². The molecule has 1 saturated heterocycles. The summed E-state index contributed by atoms with van der Waals surface area (Å²) in [6.45, 7) is 2.40. The van der Waals surface area contributed by atoms with Crippen molar-refractivity contribution in [3.63, 3.8) is 0 Å². The van der Waals surface area contributed by atoms with Crippen molar-refractivity contribution in [3.8, 4) is 0 Å². The SMILES string of the molecule is COCC(=O)N1C[C@@H](C(=O)NCc2ccccc2F)C[C@@H](c2ccc(F)c(C)c2)C1. The second kappa shape index (κ2) is 9.80. The van der Waals surface area contributed by atoms with Crippen LogP contribution in [0.4, 0.5) is 8.78 Å². The van der Waals surface area contributed by atoms with E-state index in [1.54, 1.807) is 42.2 Å². The van der Waals surface area contributed by atoms with Gasteiger partial charge in [-0.3, -0.25) is 9.59 Å². The van der Waals surface area contributed by atoms with Crippen LogP contribution in [0.5, 0.6) is 0 Å². The van der Waals surface area contributed by atoms with Crippen LogP contribution in [0.25, 0.3) is 0 Å². The monoisotopic (exact) mass is 416 g/mol. The molecule has 0 radical (unpaired) electrons. The number of carbonyl (C=O) groups is 2. The van der Waals surface area contributed by atoms with E-state index in [0.717, 1.165) is 5.56 Å². The second-order valence-electron chi connectivity index (χ2n) is 7.68. The van der Waals surface area contributed by atoms with Crippen molar-refractivity contribution in [2.75, 3.05) is 26.8 Å². The Labute approximate surface area is 175 Å². The number of nitrogens with one attached hydrogen (secondary N) is 1. The van der Waals surface area contributed by atoms with Gasteiger partial charge in [-0.1, -0.05) is 30.3 Å². The average Bonchev–Trinajstić information content (AvgIpc) is 2.74. The summed E-state index contributed by atoms with van der Waals surface area (Å²) in [6.07, 6.45) is 0.519. The van der Waals surface area contributed by atoms with E-state index >= 15 is 0 Å². The van der Waals surface area contributed by atoms with Crippen LogP contribution in [0.15, 0.2) is 42.5 Å². The van der Waals surface area contributed by atoms with E-state index in [-0.39, 0.29) is 49.1 Å². The number of piperidine rings is 1. The largest absolute Gasteiger partial charge is 0.375 e. The number of methoxy groups -OCH3 is 1. The molecule has 0 bridgehead atoms. The molecule has 30 heavy (non-hydrogen) atoms. The highest BCUT2D eigenvalue weighted by atomic mass is 19.1. The molecule has 7 heteroatoms. The number of likely N-dealkylation sites (tertiary alicyclic amines) is 1. The topological polar surface area (TPSA) is 58.6 Å². The van der Waals surface area contributed by atoms with Gasteiger partial charge < -0.3 is 15.0 Å². The molecule has 0 unspecified atom stereocenters. The highest BCUT2D eigenvalue weighted by Crippen LogP contribution is 2.31. The molecule has 0 aliphatic carbocycles. The number of rotatable bonds is 6. The fourth-order valence-electron chi connectivity index (χ4n) is 3.84. The first-order valence-electron chi connectivity index (χ1n) is 9.93. The summed E-state index contributed by atoms with van der Waals surface area (Å²) in [5.74, 6) is -1.67. The van der Waals surface area contributed by atoms with Gasteiger partial charge in [-0.2, -0.15) is 0 Å². The lowest BCUT2D eigenvalue weighted by molar-refractivity contribution is -0.139. The number of carbonyl (C=O) groups excluding carboxylic acids is 2. The molecule has 2 atom stereocenters. The molecule has 1 aliphatic heterocycles. The van der Waals surface area contributed by atoms with Crippen LogP contribution >= 0.6 is 0 Å². The van der Waals surface area contributed by atoms with E-state index in [1.165, 1.54) is 19.2 Å². The zero-order chi connectivity index (χ0) is 21.7. The molecule has 3 rings (SSSR count). The van der Waals surface area contributed by atoms with Gasteiger partial charge in [0.2, 0.25) is 11.8 Å². The molecular weight excluding hydrogens is 390 g/mol. The van der Waals surface area contributed by atoms with E-state index in [0.29, 0.717) is 24.1 Å². The van der Waals surface area contributed by atoms with Crippen LogP contribution in [0.2, 0.25) is 0 Å². The van der Waals surface area contributed by atoms with Gasteiger partial charge in [-0.05, 0) is 36.6 Å². The van der Waals surface area contributed by atoms with Crippen LogP contribution in [0.3, 0.4) is 0 Å².